The highest BCUT2D eigenvalue weighted by Gasteiger charge is 2.23. The molecule has 0 aliphatic carbocycles. The molecule has 126 valence electrons. The Labute approximate surface area is 140 Å². The van der Waals surface area contributed by atoms with E-state index >= 15 is 0 Å². The average molecular weight is 328 g/mol. The normalized spacial score (nSPS) is 15.0. The Kier molecular flexibility index (Phi) is 4.83. The van der Waals surface area contributed by atoms with Gasteiger partial charge in [-0.1, -0.05) is 12.8 Å². The molecular weight excluding hydrogens is 308 g/mol. The van der Waals surface area contributed by atoms with E-state index in [0.29, 0.717) is 17.1 Å². The molecule has 0 aromatic carbocycles. The number of hydrogen-bond acceptors (Lipinski definition) is 8. The Hall–Kier alpha value is -2.77. The second kappa shape index (κ2) is 7.20. The van der Waals surface area contributed by atoms with Crippen LogP contribution in [0.3, 0.4) is 0 Å². The first-order valence-corrected chi connectivity index (χ1v) is 7.97. The Morgan fingerprint density at radius 2 is 1.79 bits per heavy atom. The molecule has 1 aliphatic heterocycles. The maximum absolute atomic E-state index is 11.9. The highest BCUT2D eigenvalue weighted by atomic mass is 16.5. The fourth-order valence-electron chi connectivity index (χ4n) is 2.80. The minimum absolute atomic E-state index is 0.00919. The first-order valence-electron chi connectivity index (χ1n) is 7.97. The molecule has 1 aliphatic rings. The highest BCUT2D eigenvalue weighted by Crippen LogP contribution is 2.30. The number of hydrogen-bond donors (Lipinski definition) is 1. The zero-order valence-electron chi connectivity index (χ0n) is 13.6. The second-order valence-electron chi connectivity index (χ2n) is 5.65. The summed E-state index contributed by atoms with van der Waals surface area (Å²) in [6.45, 7) is 1.76. The number of ether oxygens (including phenoxy) is 1. The fourth-order valence-corrected chi connectivity index (χ4v) is 2.80. The van der Waals surface area contributed by atoms with Gasteiger partial charge in [-0.05, 0) is 12.8 Å². The predicted octanol–water partition coefficient (Wildman–Crippen LogP) is 1.68. The monoisotopic (exact) mass is 328 g/mol. The Morgan fingerprint density at radius 3 is 2.42 bits per heavy atom. The topological polar surface area (TPSA) is 107 Å². The number of methoxy groups -OCH3 is 1. The van der Waals surface area contributed by atoms with E-state index in [4.69, 9.17) is 10.5 Å². The molecule has 2 aromatic rings. The lowest BCUT2D eigenvalue weighted by Crippen LogP contribution is -2.27. The van der Waals surface area contributed by atoms with Gasteiger partial charge in [-0.25, -0.2) is 24.7 Å². The van der Waals surface area contributed by atoms with Crippen LogP contribution in [0.4, 0.5) is 11.6 Å². The van der Waals surface area contributed by atoms with E-state index in [-0.39, 0.29) is 11.5 Å². The second-order valence-corrected chi connectivity index (χ2v) is 5.65. The summed E-state index contributed by atoms with van der Waals surface area (Å²) >= 11 is 0. The maximum Gasteiger partial charge on any atom is 0.360 e. The van der Waals surface area contributed by atoms with Crippen LogP contribution in [-0.4, -0.2) is 46.1 Å². The van der Waals surface area contributed by atoms with Gasteiger partial charge in [0.1, 0.15) is 12.0 Å². The Balaban J connectivity index is 2.12. The van der Waals surface area contributed by atoms with Gasteiger partial charge in [-0.15, -0.1) is 0 Å². The summed E-state index contributed by atoms with van der Waals surface area (Å²) in [7, 11) is 1.29. The predicted molar refractivity (Wildman–Crippen MR) is 89.5 cm³/mol. The van der Waals surface area contributed by atoms with Crippen molar-refractivity contribution in [2.24, 2.45) is 0 Å². The third kappa shape index (κ3) is 3.27. The molecule has 8 nitrogen and oxygen atoms in total. The summed E-state index contributed by atoms with van der Waals surface area (Å²) in [6.07, 6.45) is 9.31. The van der Waals surface area contributed by atoms with Crippen molar-refractivity contribution >= 4 is 17.6 Å². The lowest BCUT2D eigenvalue weighted by atomic mass is 10.2. The third-order valence-corrected chi connectivity index (χ3v) is 4.02. The van der Waals surface area contributed by atoms with Crippen molar-refractivity contribution in [3.8, 4) is 11.3 Å². The Bertz CT molecular complexity index is 714. The number of nitrogen functional groups attached to an aromatic ring is 1. The first kappa shape index (κ1) is 16.1. The summed E-state index contributed by atoms with van der Waals surface area (Å²) in [5, 5.41) is 0. The van der Waals surface area contributed by atoms with E-state index in [1.807, 2.05) is 0 Å². The molecule has 0 atom stereocenters. The molecule has 0 radical (unpaired) electrons. The number of esters is 1. The largest absolute Gasteiger partial charge is 0.464 e. The molecule has 2 aromatic heterocycles. The maximum atomic E-state index is 11.9. The first-order chi connectivity index (χ1) is 11.7. The van der Waals surface area contributed by atoms with E-state index in [1.54, 1.807) is 12.4 Å². The molecule has 8 heteroatoms. The zero-order valence-corrected chi connectivity index (χ0v) is 13.6. The molecule has 1 fully saturated rings. The molecule has 0 spiro atoms. The molecule has 0 saturated carbocycles. The van der Waals surface area contributed by atoms with Gasteiger partial charge in [0.05, 0.1) is 7.11 Å². The summed E-state index contributed by atoms with van der Waals surface area (Å²) in [5.41, 5.74) is 7.20. The van der Waals surface area contributed by atoms with Crippen molar-refractivity contribution < 1.29 is 9.53 Å². The third-order valence-electron chi connectivity index (χ3n) is 4.02. The molecule has 0 unspecified atom stereocenters. The van der Waals surface area contributed by atoms with Crippen molar-refractivity contribution in [1.29, 1.82) is 0 Å². The van der Waals surface area contributed by atoms with Crippen LogP contribution < -0.4 is 10.6 Å². The minimum atomic E-state index is -0.611. The van der Waals surface area contributed by atoms with Crippen molar-refractivity contribution in [3.63, 3.8) is 0 Å². The number of rotatable bonds is 3. The van der Waals surface area contributed by atoms with Gasteiger partial charge >= 0.3 is 5.97 Å². The lowest BCUT2D eigenvalue weighted by molar-refractivity contribution is 0.0595. The van der Waals surface area contributed by atoms with Gasteiger partial charge in [0.2, 0.25) is 0 Å². The standard InChI is InChI=1S/C16H20N6O2/c1-24-16(23)13-14(17)21-15(22-6-4-2-3-5-7-22)12(20-13)11-8-18-10-19-9-11/h8-10H,2-7H2,1H3,(H2,17,21). The van der Waals surface area contributed by atoms with Gasteiger partial charge < -0.3 is 15.4 Å². The van der Waals surface area contributed by atoms with E-state index in [2.05, 4.69) is 24.8 Å². The SMILES string of the molecule is COC(=O)c1nc(-c2cncnc2)c(N2CCCCCC2)nc1N. The average Bonchev–Trinajstić information content (AvgIpc) is 2.91. The molecule has 0 amide bonds. The Morgan fingerprint density at radius 1 is 1.12 bits per heavy atom. The van der Waals surface area contributed by atoms with Gasteiger partial charge in [-0.2, -0.15) is 0 Å². The number of nitrogens with zero attached hydrogens (tertiary/aromatic N) is 5. The number of carbonyl (C=O) groups excluding carboxylic acids is 1. The molecule has 3 rings (SSSR count). The van der Waals surface area contributed by atoms with Gasteiger partial charge in [0, 0.05) is 31.0 Å². The molecule has 0 bridgehead atoms. The molecular formula is C16H20N6O2. The number of nitrogens with two attached hydrogens (primary N) is 1. The van der Waals surface area contributed by atoms with E-state index in [9.17, 15) is 4.79 Å². The molecule has 24 heavy (non-hydrogen) atoms. The van der Waals surface area contributed by atoms with Crippen LogP contribution in [0, 0.1) is 0 Å². The van der Waals surface area contributed by atoms with E-state index in [1.165, 1.54) is 26.3 Å². The van der Waals surface area contributed by atoms with Crippen LogP contribution in [0.5, 0.6) is 0 Å². The summed E-state index contributed by atoms with van der Waals surface area (Å²) in [5.74, 6) is 0.124. The molecule has 2 N–H and O–H groups in total. The van der Waals surface area contributed by atoms with E-state index < -0.39 is 5.97 Å². The molecule has 1 saturated heterocycles. The summed E-state index contributed by atoms with van der Waals surface area (Å²) in [6, 6.07) is 0. The summed E-state index contributed by atoms with van der Waals surface area (Å²) in [4.78, 5) is 31.1. The molecule has 3 heterocycles. The van der Waals surface area contributed by atoms with Crippen molar-refractivity contribution in [1.82, 2.24) is 19.9 Å². The number of carbonyl (C=O) groups is 1. The highest BCUT2D eigenvalue weighted by molar-refractivity contribution is 5.93. The van der Waals surface area contributed by atoms with Crippen LogP contribution >= 0.6 is 0 Å². The lowest BCUT2D eigenvalue weighted by Gasteiger charge is -2.24. The van der Waals surface area contributed by atoms with Gasteiger partial charge in [-0.3, -0.25) is 0 Å². The van der Waals surface area contributed by atoms with Crippen molar-refractivity contribution in [2.45, 2.75) is 25.7 Å². The van der Waals surface area contributed by atoms with Gasteiger partial charge in [0.25, 0.3) is 0 Å². The number of aromatic nitrogens is 4. The minimum Gasteiger partial charge on any atom is -0.464 e. The van der Waals surface area contributed by atoms with Crippen LogP contribution in [0.15, 0.2) is 18.7 Å². The van der Waals surface area contributed by atoms with Crippen molar-refractivity contribution in [2.75, 3.05) is 30.8 Å². The van der Waals surface area contributed by atoms with Crippen LogP contribution in [0.1, 0.15) is 36.2 Å². The quantitative estimate of drug-likeness (QED) is 0.848. The van der Waals surface area contributed by atoms with Crippen LogP contribution in [-0.2, 0) is 4.74 Å². The van der Waals surface area contributed by atoms with Crippen molar-refractivity contribution in [3.05, 3.63) is 24.4 Å². The smallest absolute Gasteiger partial charge is 0.360 e. The van der Waals surface area contributed by atoms with Crippen LogP contribution in [0.2, 0.25) is 0 Å². The summed E-state index contributed by atoms with van der Waals surface area (Å²) < 4.78 is 4.75. The van der Waals surface area contributed by atoms with Gasteiger partial charge in [0.15, 0.2) is 17.3 Å². The van der Waals surface area contributed by atoms with E-state index in [0.717, 1.165) is 25.9 Å². The van der Waals surface area contributed by atoms with Crippen LogP contribution in [0.25, 0.3) is 11.3 Å². The zero-order chi connectivity index (χ0) is 16.9. The number of anilines is 2. The fraction of sp³-hybridized carbons (Fsp3) is 0.438.